The number of aliphatic hydroxyl groups excluding tert-OH is 1. The van der Waals surface area contributed by atoms with Crippen LogP contribution in [0.1, 0.15) is 36.4 Å². The normalized spacial score (nSPS) is 10.7. The number of anilines is 2. The molecule has 1 aromatic rings. The third-order valence-electron chi connectivity index (χ3n) is 2.39. The molecule has 1 heterocycles. The Bertz CT molecular complexity index is 406. The lowest BCUT2D eigenvalue weighted by Gasteiger charge is -2.04. The van der Waals surface area contributed by atoms with Crippen molar-refractivity contribution in [2.24, 2.45) is 5.92 Å². The first-order valence-corrected chi connectivity index (χ1v) is 7.25. The van der Waals surface area contributed by atoms with E-state index in [4.69, 9.17) is 10.8 Å². The molecule has 0 radical (unpaired) electrons. The monoisotopic (exact) mass is 286 g/mol. The van der Waals surface area contributed by atoms with Gasteiger partial charge in [-0.3, -0.25) is 4.79 Å². The van der Waals surface area contributed by atoms with Crippen LogP contribution < -0.4 is 16.4 Å². The van der Waals surface area contributed by atoms with Crippen molar-refractivity contribution in [3.05, 3.63) is 4.88 Å². The first-order valence-electron chi connectivity index (χ1n) is 6.43. The Morgan fingerprint density at radius 2 is 2.21 bits per heavy atom. The number of thiazole rings is 1. The Morgan fingerprint density at radius 3 is 2.84 bits per heavy atom. The maximum Gasteiger partial charge on any atom is 0.265 e. The summed E-state index contributed by atoms with van der Waals surface area (Å²) in [6.45, 7) is 5.66. The fourth-order valence-corrected chi connectivity index (χ4v) is 2.19. The van der Waals surface area contributed by atoms with Gasteiger partial charge in [0.15, 0.2) is 5.13 Å². The third kappa shape index (κ3) is 5.44. The molecule has 0 aliphatic heterocycles. The number of amides is 1. The maximum absolute atomic E-state index is 11.9. The van der Waals surface area contributed by atoms with Crippen molar-refractivity contribution in [2.75, 3.05) is 30.7 Å². The summed E-state index contributed by atoms with van der Waals surface area (Å²) in [7, 11) is 0. The van der Waals surface area contributed by atoms with E-state index in [0.717, 1.165) is 13.0 Å². The fourth-order valence-electron chi connectivity index (χ4n) is 1.38. The largest absolute Gasteiger partial charge is 0.396 e. The number of nitrogen functional groups attached to an aromatic ring is 1. The van der Waals surface area contributed by atoms with Crippen LogP contribution in [0.3, 0.4) is 0 Å². The summed E-state index contributed by atoms with van der Waals surface area (Å²) in [4.78, 5) is 16.4. The van der Waals surface area contributed by atoms with Crippen molar-refractivity contribution in [3.63, 3.8) is 0 Å². The van der Waals surface area contributed by atoms with Gasteiger partial charge in [0.05, 0.1) is 0 Å². The lowest BCUT2D eigenvalue weighted by atomic mass is 10.2. The molecule has 7 heteroatoms. The van der Waals surface area contributed by atoms with E-state index >= 15 is 0 Å². The zero-order valence-corrected chi connectivity index (χ0v) is 12.2. The third-order valence-corrected chi connectivity index (χ3v) is 3.42. The smallest absolute Gasteiger partial charge is 0.265 e. The van der Waals surface area contributed by atoms with Crippen molar-refractivity contribution >= 4 is 28.2 Å². The molecule has 6 nitrogen and oxygen atoms in total. The van der Waals surface area contributed by atoms with Gasteiger partial charge in [-0.05, 0) is 18.8 Å². The van der Waals surface area contributed by atoms with Gasteiger partial charge < -0.3 is 21.5 Å². The van der Waals surface area contributed by atoms with E-state index in [1.165, 1.54) is 11.3 Å². The van der Waals surface area contributed by atoms with Crippen LogP contribution in [0.4, 0.5) is 10.9 Å². The fraction of sp³-hybridized carbons (Fsp3) is 0.667. The summed E-state index contributed by atoms with van der Waals surface area (Å²) in [5.41, 5.74) is 5.74. The zero-order chi connectivity index (χ0) is 14.3. The molecule has 1 amide bonds. The lowest BCUT2D eigenvalue weighted by Crippen LogP contribution is -2.24. The predicted molar refractivity (Wildman–Crippen MR) is 78.5 cm³/mol. The molecule has 0 atom stereocenters. The van der Waals surface area contributed by atoms with Crippen LogP contribution in [-0.4, -0.2) is 35.7 Å². The van der Waals surface area contributed by atoms with Gasteiger partial charge in [0.25, 0.3) is 5.91 Å². The van der Waals surface area contributed by atoms with Gasteiger partial charge in [-0.25, -0.2) is 4.98 Å². The van der Waals surface area contributed by atoms with E-state index in [0.29, 0.717) is 28.9 Å². The average molecular weight is 286 g/mol. The first-order chi connectivity index (χ1) is 9.04. The van der Waals surface area contributed by atoms with E-state index in [2.05, 4.69) is 29.5 Å². The molecular formula is C12H22N4O2S. The van der Waals surface area contributed by atoms with Crippen molar-refractivity contribution in [1.82, 2.24) is 10.3 Å². The van der Waals surface area contributed by atoms with Crippen LogP contribution in [0.25, 0.3) is 0 Å². The Labute approximate surface area is 117 Å². The van der Waals surface area contributed by atoms with Crippen LogP contribution in [0, 0.1) is 5.92 Å². The Morgan fingerprint density at radius 1 is 1.47 bits per heavy atom. The second-order valence-electron chi connectivity index (χ2n) is 4.69. The van der Waals surface area contributed by atoms with Crippen LogP contribution in [-0.2, 0) is 0 Å². The van der Waals surface area contributed by atoms with Crippen molar-refractivity contribution in [3.8, 4) is 0 Å². The molecule has 0 saturated heterocycles. The molecule has 19 heavy (non-hydrogen) atoms. The number of nitrogens with zero attached hydrogens (tertiary/aromatic N) is 1. The number of hydrogen-bond acceptors (Lipinski definition) is 6. The van der Waals surface area contributed by atoms with Gasteiger partial charge in [-0.1, -0.05) is 25.2 Å². The van der Waals surface area contributed by atoms with Crippen LogP contribution in [0.5, 0.6) is 0 Å². The SMILES string of the molecule is CC(C)CNc1nc(N)c(C(=O)NCCCCO)s1. The highest BCUT2D eigenvalue weighted by atomic mass is 32.1. The van der Waals surface area contributed by atoms with E-state index in [9.17, 15) is 4.79 Å². The second kappa shape index (κ2) is 7.96. The molecule has 0 unspecified atom stereocenters. The van der Waals surface area contributed by atoms with Crippen molar-refractivity contribution < 1.29 is 9.90 Å². The molecule has 0 bridgehead atoms. The van der Waals surface area contributed by atoms with Crippen LogP contribution in [0.15, 0.2) is 0 Å². The van der Waals surface area contributed by atoms with E-state index < -0.39 is 0 Å². The van der Waals surface area contributed by atoms with Crippen molar-refractivity contribution in [2.45, 2.75) is 26.7 Å². The van der Waals surface area contributed by atoms with E-state index in [1.807, 2.05) is 0 Å². The van der Waals surface area contributed by atoms with Crippen molar-refractivity contribution in [1.29, 1.82) is 0 Å². The predicted octanol–water partition coefficient (Wildman–Crippen LogP) is 1.30. The molecule has 1 aromatic heterocycles. The first kappa shape index (κ1) is 15.7. The number of rotatable bonds is 8. The minimum atomic E-state index is -0.203. The number of carbonyl (C=O) groups is 1. The summed E-state index contributed by atoms with van der Waals surface area (Å²) in [5, 5.41) is 15.2. The standard InChI is InChI=1S/C12H22N4O2S/c1-8(2)7-15-12-16-10(13)9(19-12)11(18)14-5-3-4-6-17/h8,17H,3-7,13H2,1-2H3,(H,14,18)(H,15,16). The molecule has 0 spiro atoms. The Hall–Kier alpha value is -1.34. The summed E-state index contributed by atoms with van der Waals surface area (Å²) in [6.07, 6.45) is 1.43. The number of nitrogens with two attached hydrogens (primary N) is 1. The highest BCUT2D eigenvalue weighted by Crippen LogP contribution is 2.24. The van der Waals surface area contributed by atoms with E-state index in [1.54, 1.807) is 0 Å². The average Bonchev–Trinajstić information content (AvgIpc) is 2.73. The highest BCUT2D eigenvalue weighted by molar-refractivity contribution is 7.18. The number of hydrogen-bond donors (Lipinski definition) is 4. The van der Waals surface area contributed by atoms with Gasteiger partial charge in [-0.15, -0.1) is 0 Å². The molecule has 5 N–H and O–H groups in total. The lowest BCUT2D eigenvalue weighted by molar-refractivity contribution is 0.0957. The van der Waals surface area contributed by atoms with Gasteiger partial charge >= 0.3 is 0 Å². The molecular weight excluding hydrogens is 264 g/mol. The molecule has 0 aliphatic carbocycles. The summed E-state index contributed by atoms with van der Waals surface area (Å²) in [5.74, 6) is 0.558. The minimum absolute atomic E-state index is 0.141. The minimum Gasteiger partial charge on any atom is -0.396 e. The number of unbranched alkanes of at least 4 members (excludes halogenated alkanes) is 1. The summed E-state index contributed by atoms with van der Waals surface area (Å²) < 4.78 is 0. The second-order valence-corrected chi connectivity index (χ2v) is 5.69. The summed E-state index contributed by atoms with van der Waals surface area (Å²) >= 11 is 1.26. The highest BCUT2D eigenvalue weighted by Gasteiger charge is 2.15. The topological polar surface area (TPSA) is 100 Å². The zero-order valence-electron chi connectivity index (χ0n) is 11.4. The number of nitrogens with one attached hydrogen (secondary N) is 2. The van der Waals surface area contributed by atoms with Gasteiger partial charge in [0.2, 0.25) is 0 Å². The molecule has 0 aromatic carbocycles. The quantitative estimate of drug-likeness (QED) is 0.540. The number of aromatic nitrogens is 1. The maximum atomic E-state index is 11.9. The Kier molecular flexibility index (Phi) is 6.58. The van der Waals surface area contributed by atoms with Crippen LogP contribution >= 0.6 is 11.3 Å². The molecule has 0 aliphatic rings. The molecule has 1 rings (SSSR count). The molecule has 0 fully saturated rings. The number of carbonyl (C=O) groups excluding carboxylic acids is 1. The summed E-state index contributed by atoms with van der Waals surface area (Å²) in [6, 6.07) is 0. The van der Waals surface area contributed by atoms with Gasteiger partial charge in [0.1, 0.15) is 10.7 Å². The van der Waals surface area contributed by atoms with Gasteiger partial charge in [0, 0.05) is 19.7 Å². The molecule has 0 saturated carbocycles. The van der Waals surface area contributed by atoms with Crippen LogP contribution in [0.2, 0.25) is 0 Å². The Balaban J connectivity index is 2.50. The molecule has 108 valence electrons. The van der Waals surface area contributed by atoms with Gasteiger partial charge in [-0.2, -0.15) is 0 Å². The van der Waals surface area contributed by atoms with E-state index in [-0.39, 0.29) is 18.3 Å². The number of aliphatic hydroxyl groups is 1.